The van der Waals surface area contributed by atoms with E-state index in [1.54, 1.807) is 0 Å². The predicted molar refractivity (Wildman–Crippen MR) is 77.0 cm³/mol. The van der Waals surface area contributed by atoms with Gasteiger partial charge in [-0.1, -0.05) is 0 Å². The summed E-state index contributed by atoms with van der Waals surface area (Å²) in [5, 5.41) is 20.1. The van der Waals surface area contributed by atoms with Gasteiger partial charge in [0.2, 0.25) is 0 Å². The molecule has 0 radical (unpaired) electrons. The van der Waals surface area contributed by atoms with Gasteiger partial charge in [-0.2, -0.15) is 0 Å². The molecule has 0 fully saturated rings. The molecule has 8 N–H and O–H groups in total. The van der Waals surface area contributed by atoms with Crippen molar-refractivity contribution in [1.29, 1.82) is 0 Å². The van der Waals surface area contributed by atoms with E-state index in [0.717, 1.165) is 12.1 Å². The second-order valence-corrected chi connectivity index (χ2v) is 3.58. The fourth-order valence-electron chi connectivity index (χ4n) is 1.16. The van der Waals surface area contributed by atoms with E-state index < -0.39 is 45.8 Å². The first kappa shape index (κ1) is 26.9. The number of hydrogen-bond acceptors (Lipinski definition) is 8. The summed E-state index contributed by atoms with van der Waals surface area (Å²) in [5.41, 5.74) is -4.33. The molecule has 132 valence electrons. The number of H-pyrrole nitrogens is 4. The zero-order valence-electron chi connectivity index (χ0n) is 12.1. The van der Waals surface area contributed by atoms with Crippen molar-refractivity contribution in [3.05, 3.63) is 65.2 Å². The maximum Gasteiger partial charge on any atom is 2.00 e. The Morgan fingerprint density at radius 2 is 0.960 bits per heavy atom. The topological polar surface area (TPSA) is 275 Å². The van der Waals surface area contributed by atoms with E-state index in [9.17, 15) is 39.0 Å². The van der Waals surface area contributed by atoms with E-state index in [1.807, 2.05) is 19.9 Å². The summed E-state index contributed by atoms with van der Waals surface area (Å²) < 4.78 is 0. The van der Waals surface area contributed by atoms with Gasteiger partial charge in [0.25, 0.3) is 11.1 Å². The average Bonchev–Trinajstić information content (AvgIpc) is 2.37. The third-order valence-electron chi connectivity index (χ3n) is 1.96. The van der Waals surface area contributed by atoms with Crippen LogP contribution in [0.2, 0.25) is 0 Å². The SMILES string of the molecule is O.O.O=C([O-])c1cc(=O)[nH]c(=O)[nH]1.O=C([O-])c1cc(=O)[nH]c(=O)[nH]1.[Mg+2]. The molecule has 0 saturated carbocycles. The minimum absolute atomic E-state index is 0. The molecule has 0 spiro atoms. The van der Waals surface area contributed by atoms with Gasteiger partial charge in [-0.3, -0.25) is 19.6 Å². The Labute approximate surface area is 151 Å². The Kier molecular flexibility index (Phi) is 12.4. The number of rotatable bonds is 2. The van der Waals surface area contributed by atoms with Gasteiger partial charge in [-0.05, 0) is 0 Å². The average molecular weight is 371 g/mol. The molecule has 0 amide bonds. The maximum absolute atomic E-state index is 10.4. The molecule has 0 saturated heterocycles. The number of carbonyl (C=O) groups excluding carboxylic acids is 2. The number of hydrogen-bond donors (Lipinski definition) is 4. The van der Waals surface area contributed by atoms with E-state index in [0.29, 0.717) is 0 Å². The normalized spacial score (nSPS) is 8.32. The fraction of sp³-hybridized carbons (Fsp3) is 0. The smallest absolute Gasteiger partial charge is 0.543 e. The molecule has 2 heterocycles. The van der Waals surface area contributed by atoms with Crippen molar-refractivity contribution in [2.75, 3.05) is 0 Å². The Morgan fingerprint density at radius 1 is 0.680 bits per heavy atom. The number of aromatic carboxylic acids is 2. The first-order valence-corrected chi connectivity index (χ1v) is 5.29. The maximum atomic E-state index is 10.4. The molecule has 0 aliphatic heterocycles. The van der Waals surface area contributed by atoms with E-state index in [4.69, 9.17) is 0 Å². The van der Waals surface area contributed by atoms with Crippen LogP contribution in [0, 0.1) is 0 Å². The zero-order valence-corrected chi connectivity index (χ0v) is 13.5. The Morgan fingerprint density at radius 3 is 1.16 bits per heavy atom. The molecule has 0 bridgehead atoms. The molecule has 15 heteroatoms. The molecule has 14 nitrogen and oxygen atoms in total. The molecule has 0 unspecified atom stereocenters. The Bertz CT molecular complexity index is 806. The van der Waals surface area contributed by atoms with E-state index >= 15 is 0 Å². The third-order valence-corrected chi connectivity index (χ3v) is 1.96. The summed E-state index contributed by atoms with van der Waals surface area (Å²) in [6.45, 7) is 0. The van der Waals surface area contributed by atoms with Gasteiger partial charge < -0.3 is 40.7 Å². The first-order chi connectivity index (χ1) is 10.2. The van der Waals surface area contributed by atoms with Crippen molar-refractivity contribution >= 4 is 35.0 Å². The van der Waals surface area contributed by atoms with Crippen LogP contribution in [-0.2, 0) is 0 Å². The summed E-state index contributed by atoms with van der Waals surface area (Å²) in [6, 6.07) is 1.47. The Hall–Kier alpha value is -3.01. The van der Waals surface area contributed by atoms with Crippen molar-refractivity contribution < 1.29 is 30.8 Å². The summed E-state index contributed by atoms with van der Waals surface area (Å²) >= 11 is 0. The van der Waals surface area contributed by atoms with Crippen LogP contribution in [0.25, 0.3) is 0 Å². The van der Waals surface area contributed by atoms with Crippen LogP contribution in [0.3, 0.4) is 0 Å². The van der Waals surface area contributed by atoms with Crippen molar-refractivity contribution in [2.24, 2.45) is 0 Å². The first-order valence-electron chi connectivity index (χ1n) is 5.29. The largest absolute Gasteiger partial charge is 2.00 e. The van der Waals surface area contributed by atoms with Crippen molar-refractivity contribution in [2.45, 2.75) is 0 Å². The number of nitrogens with one attached hydrogen (secondary N) is 4. The molecular weight excluding hydrogens is 360 g/mol. The van der Waals surface area contributed by atoms with Gasteiger partial charge in [0.1, 0.15) is 0 Å². The monoisotopic (exact) mass is 370 g/mol. The van der Waals surface area contributed by atoms with Crippen molar-refractivity contribution in [3.63, 3.8) is 0 Å². The quantitative estimate of drug-likeness (QED) is 0.367. The van der Waals surface area contributed by atoms with Gasteiger partial charge >= 0.3 is 34.4 Å². The van der Waals surface area contributed by atoms with E-state index in [-0.39, 0.29) is 34.0 Å². The summed E-state index contributed by atoms with van der Waals surface area (Å²) in [5.74, 6) is -3.18. The summed E-state index contributed by atoms with van der Waals surface area (Å²) in [4.78, 5) is 69.2. The van der Waals surface area contributed by atoms with Crippen molar-refractivity contribution in [3.8, 4) is 0 Å². The van der Waals surface area contributed by atoms with Crippen LogP contribution in [-0.4, -0.2) is 65.9 Å². The van der Waals surface area contributed by atoms with Crippen LogP contribution in [0.4, 0.5) is 0 Å². The van der Waals surface area contributed by atoms with Crippen LogP contribution in [0.1, 0.15) is 21.0 Å². The predicted octanol–water partition coefficient (Wildman–Crippen LogP) is -7.18. The van der Waals surface area contributed by atoms with Gasteiger partial charge in [-0.25, -0.2) is 9.59 Å². The summed E-state index contributed by atoms with van der Waals surface area (Å²) in [6.07, 6.45) is 0. The van der Waals surface area contributed by atoms with Crippen LogP contribution in [0.15, 0.2) is 31.3 Å². The molecule has 0 atom stereocenters. The molecule has 2 aromatic heterocycles. The number of aromatic nitrogens is 4. The van der Waals surface area contributed by atoms with Gasteiger partial charge in [0, 0.05) is 12.1 Å². The number of carbonyl (C=O) groups is 2. The van der Waals surface area contributed by atoms with Gasteiger partial charge in [0.15, 0.2) is 0 Å². The third kappa shape index (κ3) is 9.00. The molecular formula is C10H10MgN4O10. The minimum atomic E-state index is -1.59. The standard InChI is InChI=1S/2C5H4N2O4.Mg.2H2O/c2*8-3-1-2(4(9)10)6-5(11)7-3;;;/h2*1H,(H,9,10)(H2,6,7,8,11);;2*1H2/q;;+2;;/p-2. The second-order valence-electron chi connectivity index (χ2n) is 3.58. The number of carboxylic acid groups (broad SMARTS) is 2. The molecule has 0 aliphatic carbocycles. The van der Waals surface area contributed by atoms with E-state index in [2.05, 4.69) is 0 Å². The summed E-state index contributed by atoms with van der Waals surface area (Å²) in [7, 11) is 0. The van der Waals surface area contributed by atoms with Crippen LogP contribution < -0.4 is 32.7 Å². The fourth-order valence-corrected chi connectivity index (χ4v) is 1.16. The van der Waals surface area contributed by atoms with Gasteiger partial charge in [0.05, 0.1) is 23.3 Å². The second kappa shape index (κ2) is 11.5. The number of carboxylic acids is 2. The van der Waals surface area contributed by atoms with Crippen molar-refractivity contribution in [1.82, 2.24) is 19.9 Å². The molecule has 2 rings (SSSR count). The number of aromatic amines is 4. The molecule has 2 aromatic rings. The zero-order chi connectivity index (χ0) is 16.9. The van der Waals surface area contributed by atoms with Gasteiger partial charge in [-0.15, -0.1) is 0 Å². The van der Waals surface area contributed by atoms with Crippen LogP contribution in [0.5, 0.6) is 0 Å². The minimum Gasteiger partial charge on any atom is -0.543 e. The molecule has 0 aromatic carbocycles. The van der Waals surface area contributed by atoms with E-state index in [1.165, 1.54) is 0 Å². The Balaban J connectivity index is -0.000000346. The molecule has 25 heavy (non-hydrogen) atoms. The van der Waals surface area contributed by atoms with Crippen LogP contribution >= 0.6 is 0 Å². The molecule has 0 aliphatic rings.